The minimum absolute atomic E-state index is 0.734. The first kappa shape index (κ1) is 16.4. The van der Waals surface area contributed by atoms with Gasteiger partial charge in [-0.25, -0.2) is 9.97 Å². The fourth-order valence-corrected chi connectivity index (χ4v) is 3.36. The summed E-state index contributed by atoms with van der Waals surface area (Å²) in [5.41, 5.74) is 7.90. The van der Waals surface area contributed by atoms with Gasteiger partial charge in [-0.05, 0) is 24.6 Å². The lowest BCUT2D eigenvalue weighted by Gasteiger charge is -2.03. The monoisotopic (exact) mass is 366 g/mol. The van der Waals surface area contributed by atoms with Crippen molar-refractivity contribution in [2.45, 2.75) is 13.5 Å². The number of fused-ring (bicyclic) bond motifs is 1. The lowest BCUT2D eigenvalue weighted by molar-refractivity contribution is 0.686. The molecule has 0 aliphatic rings. The molecule has 0 bridgehead atoms. The molecule has 4 aromatic heterocycles. The molecular weight excluding hydrogens is 348 g/mol. The second-order valence-electron chi connectivity index (χ2n) is 6.81. The van der Waals surface area contributed by atoms with Crippen LogP contribution in [0.1, 0.15) is 11.1 Å². The molecule has 0 spiro atoms. The summed E-state index contributed by atoms with van der Waals surface area (Å²) in [5, 5.41) is 4.53. The maximum atomic E-state index is 4.83. The van der Waals surface area contributed by atoms with Crippen molar-refractivity contribution in [3.8, 4) is 22.4 Å². The lowest BCUT2D eigenvalue weighted by Crippen LogP contribution is -1.99. The summed E-state index contributed by atoms with van der Waals surface area (Å²) in [7, 11) is 0. The Kier molecular flexibility index (Phi) is 3.94. The molecule has 28 heavy (non-hydrogen) atoms. The van der Waals surface area contributed by atoms with Crippen molar-refractivity contribution in [2.24, 2.45) is 0 Å². The smallest absolute Gasteiger partial charge is 0.156 e. The molecule has 0 fully saturated rings. The Morgan fingerprint density at radius 1 is 1.04 bits per heavy atom. The maximum Gasteiger partial charge on any atom is 0.156 e. The fraction of sp³-hybridized carbons (Fsp3) is 0.0909. The quantitative estimate of drug-likeness (QED) is 0.516. The summed E-state index contributed by atoms with van der Waals surface area (Å²) >= 11 is 0. The van der Waals surface area contributed by atoms with E-state index in [1.807, 2.05) is 35.4 Å². The Bertz CT molecular complexity index is 1250. The molecule has 1 N–H and O–H groups in total. The van der Waals surface area contributed by atoms with Crippen molar-refractivity contribution < 1.29 is 0 Å². The van der Waals surface area contributed by atoms with E-state index in [4.69, 9.17) is 4.98 Å². The maximum absolute atomic E-state index is 4.83. The van der Waals surface area contributed by atoms with Crippen molar-refractivity contribution in [1.29, 1.82) is 0 Å². The fourth-order valence-electron chi connectivity index (χ4n) is 3.36. The van der Waals surface area contributed by atoms with Gasteiger partial charge in [-0.2, -0.15) is 5.10 Å². The lowest BCUT2D eigenvalue weighted by atomic mass is 10.1. The van der Waals surface area contributed by atoms with E-state index in [9.17, 15) is 0 Å². The van der Waals surface area contributed by atoms with Gasteiger partial charge < -0.3 is 4.98 Å². The van der Waals surface area contributed by atoms with Gasteiger partial charge in [0.15, 0.2) is 5.65 Å². The van der Waals surface area contributed by atoms with Crippen molar-refractivity contribution >= 4 is 11.2 Å². The molecule has 5 rings (SSSR count). The zero-order valence-corrected chi connectivity index (χ0v) is 15.4. The zero-order valence-electron chi connectivity index (χ0n) is 15.4. The largest absolute Gasteiger partial charge is 0.344 e. The van der Waals surface area contributed by atoms with E-state index in [-0.39, 0.29) is 0 Å². The zero-order chi connectivity index (χ0) is 18.9. The van der Waals surface area contributed by atoms with Crippen LogP contribution in [0.3, 0.4) is 0 Å². The van der Waals surface area contributed by atoms with Gasteiger partial charge in [0.1, 0.15) is 5.52 Å². The molecule has 5 aromatic rings. The third kappa shape index (κ3) is 3.05. The third-order valence-corrected chi connectivity index (χ3v) is 4.73. The van der Waals surface area contributed by atoms with E-state index in [1.165, 1.54) is 11.1 Å². The number of benzene rings is 1. The highest BCUT2D eigenvalue weighted by Crippen LogP contribution is 2.28. The van der Waals surface area contributed by atoms with Crippen LogP contribution in [0.2, 0.25) is 0 Å². The summed E-state index contributed by atoms with van der Waals surface area (Å²) in [4.78, 5) is 16.6. The first-order valence-electron chi connectivity index (χ1n) is 9.09. The predicted molar refractivity (Wildman–Crippen MR) is 109 cm³/mol. The highest BCUT2D eigenvalue weighted by Gasteiger charge is 2.12. The van der Waals surface area contributed by atoms with Crippen molar-refractivity contribution in [1.82, 2.24) is 29.7 Å². The van der Waals surface area contributed by atoms with Gasteiger partial charge in [-0.1, -0.05) is 29.8 Å². The topological polar surface area (TPSA) is 72.3 Å². The standard InChI is InChI=1S/C22H18N6/c1-15-3-2-4-16(9-15)13-28-14-18(10-26-28)19-11-24-22-21(19)27-20(12-25-22)17-5-7-23-8-6-17/h2-12,14H,13H2,1H3,(H,24,25). The average Bonchev–Trinajstić information content (AvgIpc) is 3.35. The van der Waals surface area contributed by atoms with E-state index in [1.54, 1.807) is 18.6 Å². The van der Waals surface area contributed by atoms with Crippen LogP contribution in [0.4, 0.5) is 0 Å². The molecule has 0 unspecified atom stereocenters. The van der Waals surface area contributed by atoms with E-state index < -0.39 is 0 Å². The van der Waals surface area contributed by atoms with E-state index in [0.29, 0.717) is 0 Å². The van der Waals surface area contributed by atoms with Crippen molar-refractivity contribution in [2.75, 3.05) is 0 Å². The number of H-pyrrole nitrogens is 1. The number of pyridine rings is 1. The number of rotatable bonds is 4. The molecule has 0 radical (unpaired) electrons. The molecular formula is C22H18N6. The molecule has 0 aliphatic heterocycles. The van der Waals surface area contributed by atoms with Crippen LogP contribution >= 0.6 is 0 Å². The van der Waals surface area contributed by atoms with Gasteiger partial charge >= 0.3 is 0 Å². The second-order valence-corrected chi connectivity index (χ2v) is 6.81. The van der Waals surface area contributed by atoms with Gasteiger partial charge in [0.2, 0.25) is 0 Å². The second kappa shape index (κ2) is 6.74. The number of nitrogens with zero attached hydrogens (tertiary/aromatic N) is 5. The van der Waals surface area contributed by atoms with Gasteiger partial charge in [-0.3, -0.25) is 9.67 Å². The molecule has 1 aromatic carbocycles. The van der Waals surface area contributed by atoms with Crippen LogP contribution in [0.5, 0.6) is 0 Å². The SMILES string of the molecule is Cc1cccc(Cn2cc(-c3c[nH]c4ncc(-c5ccncc5)nc34)cn2)c1. The van der Waals surface area contributed by atoms with Crippen LogP contribution in [-0.2, 0) is 6.54 Å². The molecule has 0 atom stereocenters. The number of hydrogen-bond acceptors (Lipinski definition) is 4. The van der Waals surface area contributed by atoms with Crippen molar-refractivity contribution in [3.63, 3.8) is 0 Å². The Morgan fingerprint density at radius 3 is 2.79 bits per heavy atom. The molecule has 0 aliphatic carbocycles. The van der Waals surface area contributed by atoms with Crippen LogP contribution < -0.4 is 0 Å². The summed E-state index contributed by atoms with van der Waals surface area (Å²) < 4.78 is 1.95. The summed E-state index contributed by atoms with van der Waals surface area (Å²) in [6.07, 6.45) is 11.2. The number of aromatic nitrogens is 6. The molecule has 0 saturated carbocycles. The Balaban J connectivity index is 1.50. The molecule has 0 saturated heterocycles. The molecule has 136 valence electrons. The summed E-state index contributed by atoms with van der Waals surface area (Å²) in [5.74, 6) is 0. The van der Waals surface area contributed by atoms with E-state index in [2.05, 4.69) is 51.2 Å². The van der Waals surface area contributed by atoms with Gasteiger partial charge in [0.25, 0.3) is 0 Å². The van der Waals surface area contributed by atoms with Crippen LogP contribution in [0.15, 0.2) is 73.6 Å². The minimum atomic E-state index is 0.734. The third-order valence-electron chi connectivity index (χ3n) is 4.73. The number of aryl methyl sites for hydroxylation is 1. The van der Waals surface area contributed by atoms with E-state index in [0.717, 1.165) is 40.1 Å². The Hall–Kier alpha value is -3.80. The first-order valence-corrected chi connectivity index (χ1v) is 9.09. The number of aromatic amines is 1. The molecule has 4 heterocycles. The molecule has 6 nitrogen and oxygen atoms in total. The minimum Gasteiger partial charge on any atom is -0.344 e. The van der Waals surface area contributed by atoms with Gasteiger partial charge in [0.05, 0.1) is 24.6 Å². The normalized spacial score (nSPS) is 11.2. The number of hydrogen-bond donors (Lipinski definition) is 1. The van der Waals surface area contributed by atoms with Crippen molar-refractivity contribution in [3.05, 3.63) is 84.7 Å². The molecule has 6 heteroatoms. The van der Waals surface area contributed by atoms with Crippen LogP contribution in [0.25, 0.3) is 33.5 Å². The number of nitrogens with one attached hydrogen (secondary N) is 1. The highest BCUT2D eigenvalue weighted by atomic mass is 15.3. The van der Waals surface area contributed by atoms with Crippen LogP contribution in [0, 0.1) is 6.92 Å². The van der Waals surface area contributed by atoms with Gasteiger partial charge in [0, 0.05) is 41.5 Å². The Morgan fingerprint density at radius 2 is 1.93 bits per heavy atom. The Labute approximate surface area is 161 Å². The highest BCUT2D eigenvalue weighted by molar-refractivity contribution is 5.91. The predicted octanol–water partition coefficient (Wildman–Crippen LogP) is 4.24. The molecule has 0 amide bonds. The summed E-state index contributed by atoms with van der Waals surface area (Å²) in [6.45, 7) is 2.83. The van der Waals surface area contributed by atoms with E-state index >= 15 is 0 Å². The van der Waals surface area contributed by atoms with Crippen LogP contribution in [-0.4, -0.2) is 29.7 Å². The van der Waals surface area contributed by atoms with Gasteiger partial charge in [-0.15, -0.1) is 0 Å². The average molecular weight is 366 g/mol. The first-order chi connectivity index (χ1) is 13.8. The summed E-state index contributed by atoms with van der Waals surface area (Å²) in [6, 6.07) is 12.3.